The molecule has 0 amide bonds. The Kier molecular flexibility index (Phi) is 4.13. The van der Waals surface area contributed by atoms with Crippen LogP contribution in [-0.2, 0) is 11.3 Å². The minimum Gasteiger partial charge on any atom is -0.480 e. The molecule has 0 spiro atoms. The maximum atomic E-state index is 10.7. The fourth-order valence-electron chi connectivity index (χ4n) is 1.24. The van der Waals surface area contributed by atoms with Crippen LogP contribution in [0.4, 0.5) is 0 Å². The van der Waals surface area contributed by atoms with Gasteiger partial charge in [-0.05, 0) is 12.0 Å². The summed E-state index contributed by atoms with van der Waals surface area (Å²) >= 11 is 0. The molecule has 76 valence electrons. The summed E-state index contributed by atoms with van der Waals surface area (Å²) < 4.78 is 0. The number of rotatable bonds is 5. The van der Waals surface area contributed by atoms with Gasteiger partial charge in [0.1, 0.15) is 6.04 Å². The lowest BCUT2D eigenvalue weighted by Gasteiger charge is -2.11. The highest BCUT2D eigenvalue weighted by Gasteiger charge is 2.12. The van der Waals surface area contributed by atoms with Crippen LogP contribution in [0.2, 0.25) is 0 Å². The predicted molar refractivity (Wildman–Crippen MR) is 55.0 cm³/mol. The van der Waals surface area contributed by atoms with Crippen LogP contribution in [0.15, 0.2) is 30.3 Å². The van der Waals surface area contributed by atoms with Gasteiger partial charge in [0.05, 0.1) is 0 Å². The number of nitrogens with one attached hydrogen (secondary N) is 1. The minimum atomic E-state index is -0.788. The van der Waals surface area contributed by atoms with E-state index < -0.39 is 12.0 Å². The molecule has 0 bridgehead atoms. The average molecular weight is 193 g/mol. The van der Waals surface area contributed by atoms with Crippen molar-refractivity contribution in [2.75, 3.05) is 0 Å². The van der Waals surface area contributed by atoms with E-state index in [0.29, 0.717) is 13.0 Å². The van der Waals surface area contributed by atoms with E-state index in [-0.39, 0.29) is 0 Å². The Morgan fingerprint density at radius 2 is 2.07 bits per heavy atom. The van der Waals surface area contributed by atoms with Crippen LogP contribution in [0.1, 0.15) is 18.9 Å². The van der Waals surface area contributed by atoms with Crippen molar-refractivity contribution in [2.45, 2.75) is 25.9 Å². The Morgan fingerprint density at radius 1 is 1.43 bits per heavy atom. The van der Waals surface area contributed by atoms with Crippen molar-refractivity contribution in [3.05, 3.63) is 35.9 Å². The average Bonchev–Trinajstić information content (AvgIpc) is 2.20. The topological polar surface area (TPSA) is 49.3 Å². The molecule has 0 aliphatic rings. The molecule has 1 rings (SSSR count). The summed E-state index contributed by atoms with van der Waals surface area (Å²) in [5.41, 5.74) is 1.10. The van der Waals surface area contributed by atoms with Crippen LogP contribution in [0.3, 0.4) is 0 Å². The molecule has 0 radical (unpaired) electrons. The molecule has 0 unspecified atom stereocenters. The summed E-state index contributed by atoms with van der Waals surface area (Å²) in [6.45, 7) is 2.46. The number of carboxylic acids is 1. The van der Waals surface area contributed by atoms with Crippen LogP contribution in [-0.4, -0.2) is 17.1 Å². The van der Waals surface area contributed by atoms with Crippen LogP contribution in [0, 0.1) is 0 Å². The molecule has 0 aliphatic carbocycles. The zero-order valence-electron chi connectivity index (χ0n) is 8.23. The SMILES string of the molecule is CC[C@H](NCc1ccccc1)C(=O)O. The van der Waals surface area contributed by atoms with Gasteiger partial charge in [0.15, 0.2) is 0 Å². The Bertz CT molecular complexity index is 285. The Morgan fingerprint density at radius 3 is 2.57 bits per heavy atom. The maximum Gasteiger partial charge on any atom is 0.320 e. The van der Waals surface area contributed by atoms with Crippen molar-refractivity contribution in [1.82, 2.24) is 5.32 Å². The summed E-state index contributed by atoms with van der Waals surface area (Å²) in [7, 11) is 0. The number of aliphatic carboxylic acids is 1. The van der Waals surface area contributed by atoms with E-state index in [1.54, 1.807) is 0 Å². The van der Waals surface area contributed by atoms with Gasteiger partial charge in [-0.2, -0.15) is 0 Å². The van der Waals surface area contributed by atoms with Crippen molar-refractivity contribution in [1.29, 1.82) is 0 Å². The summed E-state index contributed by atoms with van der Waals surface area (Å²) in [5.74, 6) is -0.788. The largest absolute Gasteiger partial charge is 0.480 e. The van der Waals surface area contributed by atoms with Crippen molar-refractivity contribution >= 4 is 5.97 Å². The van der Waals surface area contributed by atoms with Gasteiger partial charge >= 0.3 is 5.97 Å². The zero-order valence-corrected chi connectivity index (χ0v) is 8.23. The third-order valence-electron chi connectivity index (χ3n) is 2.10. The second kappa shape index (κ2) is 5.40. The molecule has 0 fully saturated rings. The molecule has 14 heavy (non-hydrogen) atoms. The number of carbonyl (C=O) groups is 1. The minimum absolute atomic E-state index is 0.449. The summed E-state index contributed by atoms with van der Waals surface area (Å²) in [6.07, 6.45) is 0.599. The number of hydrogen-bond acceptors (Lipinski definition) is 2. The molecule has 2 N–H and O–H groups in total. The number of carboxylic acid groups (broad SMARTS) is 1. The Labute approximate surface area is 83.8 Å². The molecule has 3 nitrogen and oxygen atoms in total. The monoisotopic (exact) mass is 193 g/mol. The van der Waals surface area contributed by atoms with Gasteiger partial charge in [0.2, 0.25) is 0 Å². The molecule has 0 aliphatic heterocycles. The normalized spacial score (nSPS) is 12.4. The first-order valence-corrected chi connectivity index (χ1v) is 4.74. The van der Waals surface area contributed by atoms with Gasteiger partial charge in [-0.3, -0.25) is 4.79 Å². The summed E-state index contributed by atoms with van der Waals surface area (Å²) in [6, 6.07) is 9.33. The van der Waals surface area contributed by atoms with Crippen molar-refractivity contribution in [3.63, 3.8) is 0 Å². The third kappa shape index (κ3) is 3.18. The lowest BCUT2D eigenvalue weighted by atomic mass is 10.2. The van der Waals surface area contributed by atoms with E-state index >= 15 is 0 Å². The van der Waals surface area contributed by atoms with Gasteiger partial charge in [-0.1, -0.05) is 37.3 Å². The number of benzene rings is 1. The molecule has 1 atom stereocenters. The highest BCUT2D eigenvalue weighted by atomic mass is 16.4. The van der Waals surface area contributed by atoms with Crippen LogP contribution >= 0.6 is 0 Å². The van der Waals surface area contributed by atoms with E-state index in [4.69, 9.17) is 5.11 Å². The van der Waals surface area contributed by atoms with E-state index in [2.05, 4.69) is 5.32 Å². The van der Waals surface area contributed by atoms with Crippen molar-refractivity contribution in [3.8, 4) is 0 Å². The highest BCUT2D eigenvalue weighted by Crippen LogP contribution is 1.99. The second-order valence-corrected chi connectivity index (χ2v) is 3.17. The van der Waals surface area contributed by atoms with Gasteiger partial charge in [-0.15, -0.1) is 0 Å². The van der Waals surface area contributed by atoms with Crippen LogP contribution in [0.25, 0.3) is 0 Å². The molecule has 0 heterocycles. The molecule has 0 saturated carbocycles. The van der Waals surface area contributed by atoms with Gasteiger partial charge in [0.25, 0.3) is 0 Å². The van der Waals surface area contributed by atoms with E-state index in [1.807, 2.05) is 37.3 Å². The van der Waals surface area contributed by atoms with Gasteiger partial charge < -0.3 is 10.4 Å². The van der Waals surface area contributed by atoms with Crippen LogP contribution < -0.4 is 5.32 Å². The summed E-state index contributed by atoms with van der Waals surface area (Å²) in [5, 5.41) is 11.8. The fourth-order valence-corrected chi connectivity index (χ4v) is 1.24. The quantitative estimate of drug-likeness (QED) is 0.747. The lowest BCUT2D eigenvalue weighted by Crippen LogP contribution is -2.35. The molecule has 1 aromatic carbocycles. The first kappa shape index (κ1) is 10.7. The predicted octanol–water partition coefficient (Wildman–Crippen LogP) is 1.64. The van der Waals surface area contributed by atoms with Crippen molar-refractivity contribution in [2.24, 2.45) is 0 Å². The first-order valence-electron chi connectivity index (χ1n) is 4.74. The van der Waals surface area contributed by atoms with Gasteiger partial charge in [-0.25, -0.2) is 0 Å². The highest BCUT2D eigenvalue weighted by molar-refractivity contribution is 5.73. The Hall–Kier alpha value is -1.35. The van der Waals surface area contributed by atoms with Gasteiger partial charge in [0, 0.05) is 6.54 Å². The lowest BCUT2D eigenvalue weighted by molar-refractivity contribution is -0.139. The molecule has 1 aromatic rings. The molecule has 3 heteroatoms. The van der Waals surface area contributed by atoms with Crippen LogP contribution in [0.5, 0.6) is 0 Å². The molecule has 0 saturated heterocycles. The number of hydrogen-bond donors (Lipinski definition) is 2. The van der Waals surface area contributed by atoms with Crippen molar-refractivity contribution < 1.29 is 9.90 Å². The molecular formula is C11H15NO2. The fraction of sp³-hybridized carbons (Fsp3) is 0.364. The zero-order chi connectivity index (χ0) is 10.4. The maximum absolute atomic E-state index is 10.7. The second-order valence-electron chi connectivity index (χ2n) is 3.17. The van der Waals surface area contributed by atoms with E-state index in [1.165, 1.54) is 0 Å². The smallest absolute Gasteiger partial charge is 0.320 e. The van der Waals surface area contributed by atoms with E-state index in [0.717, 1.165) is 5.56 Å². The van der Waals surface area contributed by atoms with E-state index in [9.17, 15) is 4.79 Å². The summed E-state index contributed by atoms with van der Waals surface area (Å²) in [4.78, 5) is 10.7. The molecule has 0 aromatic heterocycles. The molecular weight excluding hydrogens is 178 g/mol. The Balaban J connectivity index is 2.44. The standard InChI is InChI=1S/C11H15NO2/c1-2-10(11(13)14)12-8-9-6-4-3-5-7-9/h3-7,10,12H,2,8H2,1H3,(H,13,14)/t10-/m0/s1. The first-order chi connectivity index (χ1) is 6.74. The third-order valence-corrected chi connectivity index (χ3v) is 2.10.